The first-order valence-corrected chi connectivity index (χ1v) is 8.49. The number of urea groups is 1. The van der Waals surface area contributed by atoms with Crippen LogP contribution in [0.5, 0.6) is 0 Å². The van der Waals surface area contributed by atoms with Crippen LogP contribution in [0.3, 0.4) is 0 Å². The molecule has 0 bridgehead atoms. The molecule has 1 aliphatic heterocycles. The Morgan fingerprint density at radius 1 is 1.55 bits per heavy atom. The van der Waals surface area contributed by atoms with Gasteiger partial charge < -0.3 is 19.7 Å². The number of rotatable bonds is 4. The summed E-state index contributed by atoms with van der Waals surface area (Å²) in [5, 5.41) is 3.10. The predicted molar refractivity (Wildman–Crippen MR) is 88.5 cm³/mol. The molecule has 0 radical (unpaired) electrons. The van der Waals surface area contributed by atoms with E-state index in [0.29, 0.717) is 19.7 Å². The van der Waals surface area contributed by atoms with Gasteiger partial charge in [-0.15, -0.1) is 11.3 Å². The quantitative estimate of drug-likeness (QED) is 0.925. The lowest BCUT2D eigenvalue weighted by Crippen LogP contribution is -2.53. The van der Waals surface area contributed by atoms with Crippen LogP contribution in [0, 0.1) is 13.8 Å². The second-order valence-corrected chi connectivity index (χ2v) is 7.43. The summed E-state index contributed by atoms with van der Waals surface area (Å²) < 4.78 is 10.9. The summed E-state index contributed by atoms with van der Waals surface area (Å²) >= 11 is 1.77. The average Bonchev–Trinajstić information content (AvgIpc) is 2.77. The largest absolute Gasteiger partial charge is 0.382 e. The third-order valence-corrected chi connectivity index (χ3v) is 4.83. The maximum absolute atomic E-state index is 12.5. The molecule has 2 heterocycles. The molecule has 22 heavy (non-hydrogen) atoms. The van der Waals surface area contributed by atoms with E-state index in [2.05, 4.69) is 25.2 Å². The van der Waals surface area contributed by atoms with Crippen molar-refractivity contribution in [3.63, 3.8) is 0 Å². The molecule has 124 valence electrons. The molecule has 2 amide bonds. The topological polar surface area (TPSA) is 50.8 Å². The molecule has 0 saturated carbocycles. The van der Waals surface area contributed by atoms with Crippen molar-refractivity contribution < 1.29 is 14.3 Å². The fraction of sp³-hybridized carbons (Fsp3) is 0.688. The highest BCUT2D eigenvalue weighted by Gasteiger charge is 2.29. The van der Waals surface area contributed by atoms with Crippen LogP contribution in [0.25, 0.3) is 0 Å². The van der Waals surface area contributed by atoms with Crippen molar-refractivity contribution in [3.05, 3.63) is 21.4 Å². The molecule has 1 N–H and O–H groups in total. The number of morpholine rings is 1. The summed E-state index contributed by atoms with van der Waals surface area (Å²) in [6.45, 7) is 9.89. The molecule has 1 aromatic heterocycles. The Morgan fingerprint density at radius 2 is 2.27 bits per heavy atom. The van der Waals surface area contributed by atoms with Crippen LogP contribution in [0.15, 0.2) is 6.07 Å². The van der Waals surface area contributed by atoms with Crippen molar-refractivity contribution in [2.24, 2.45) is 0 Å². The molecule has 0 aliphatic carbocycles. The lowest BCUT2D eigenvalue weighted by Gasteiger charge is -2.37. The number of thiophene rings is 1. The minimum Gasteiger partial charge on any atom is -0.382 e. The van der Waals surface area contributed by atoms with Crippen LogP contribution < -0.4 is 5.32 Å². The van der Waals surface area contributed by atoms with E-state index in [9.17, 15) is 4.79 Å². The third kappa shape index (κ3) is 4.21. The first-order valence-electron chi connectivity index (χ1n) is 7.67. The lowest BCUT2D eigenvalue weighted by atomic mass is 10.1. The zero-order valence-electron chi connectivity index (χ0n) is 14.0. The van der Waals surface area contributed by atoms with Gasteiger partial charge in [0.15, 0.2) is 0 Å². The van der Waals surface area contributed by atoms with E-state index in [-0.39, 0.29) is 24.3 Å². The van der Waals surface area contributed by atoms with Crippen LogP contribution in [0.4, 0.5) is 4.79 Å². The molecular formula is C16H26N2O3S. The van der Waals surface area contributed by atoms with Crippen LogP contribution in [0.1, 0.15) is 35.2 Å². The second-order valence-electron chi connectivity index (χ2n) is 5.97. The fourth-order valence-corrected chi connectivity index (χ4v) is 3.95. The predicted octanol–water partition coefficient (Wildman–Crippen LogP) is 2.87. The van der Waals surface area contributed by atoms with Crippen LogP contribution in [-0.2, 0) is 9.47 Å². The Kier molecular flexibility index (Phi) is 5.83. The molecule has 5 nitrogen and oxygen atoms in total. The van der Waals surface area contributed by atoms with Gasteiger partial charge in [-0.05, 0) is 39.3 Å². The van der Waals surface area contributed by atoms with E-state index >= 15 is 0 Å². The van der Waals surface area contributed by atoms with E-state index in [0.717, 1.165) is 0 Å². The summed E-state index contributed by atoms with van der Waals surface area (Å²) in [6, 6.07) is 2.13. The van der Waals surface area contributed by atoms with Gasteiger partial charge in [-0.25, -0.2) is 4.79 Å². The molecule has 1 aromatic rings. The first-order chi connectivity index (χ1) is 10.4. The molecule has 1 saturated heterocycles. The van der Waals surface area contributed by atoms with Gasteiger partial charge >= 0.3 is 6.03 Å². The van der Waals surface area contributed by atoms with Crippen molar-refractivity contribution in [1.82, 2.24) is 10.2 Å². The zero-order chi connectivity index (χ0) is 16.3. The van der Waals surface area contributed by atoms with Gasteiger partial charge in [0.25, 0.3) is 0 Å². The number of hydrogen-bond acceptors (Lipinski definition) is 4. The molecule has 0 unspecified atom stereocenters. The van der Waals surface area contributed by atoms with Gasteiger partial charge in [-0.2, -0.15) is 0 Å². The summed E-state index contributed by atoms with van der Waals surface area (Å²) in [4.78, 5) is 16.9. The molecule has 2 rings (SSSR count). The Balaban J connectivity index is 1.97. The van der Waals surface area contributed by atoms with E-state index < -0.39 is 0 Å². The van der Waals surface area contributed by atoms with Crippen LogP contribution in [-0.4, -0.2) is 49.9 Å². The highest BCUT2D eigenvalue weighted by molar-refractivity contribution is 7.12. The maximum atomic E-state index is 12.5. The van der Waals surface area contributed by atoms with E-state index in [1.807, 2.05) is 18.7 Å². The van der Waals surface area contributed by atoms with E-state index in [4.69, 9.17) is 9.47 Å². The number of amides is 2. The molecule has 1 fully saturated rings. The fourth-order valence-electron chi connectivity index (χ4n) is 2.92. The lowest BCUT2D eigenvalue weighted by molar-refractivity contribution is -0.0898. The van der Waals surface area contributed by atoms with Crippen LogP contribution >= 0.6 is 11.3 Å². The molecule has 0 aromatic carbocycles. The first kappa shape index (κ1) is 17.2. The monoisotopic (exact) mass is 326 g/mol. The summed E-state index contributed by atoms with van der Waals surface area (Å²) in [6.07, 6.45) is -0.0278. The normalized spacial score (nSPS) is 23.4. The van der Waals surface area contributed by atoms with Gasteiger partial charge in [-0.1, -0.05) is 0 Å². The van der Waals surface area contributed by atoms with Gasteiger partial charge in [-0.3, -0.25) is 0 Å². The number of carbonyl (C=O) groups excluding carboxylic acids is 1. The number of aryl methyl sites for hydroxylation is 2. The van der Waals surface area contributed by atoms with Crippen molar-refractivity contribution >= 4 is 17.4 Å². The number of ether oxygens (including phenoxy) is 2. The second kappa shape index (κ2) is 7.44. The standard InChI is InChI=1S/C16H26N2O3S/c1-10-7-18(8-14(21-10)9-20-5)16(19)17-12(3)15-6-11(2)22-13(15)4/h6,10,12,14H,7-9H2,1-5H3,(H,17,19)/t10-,12+,14+/m1/s1. The maximum Gasteiger partial charge on any atom is 0.318 e. The van der Waals surface area contributed by atoms with Crippen molar-refractivity contribution in [2.75, 3.05) is 26.8 Å². The molecule has 3 atom stereocenters. The summed E-state index contributed by atoms with van der Waals surface area (Å²) in [5.74, 6) is 0. The minimum absolute atomic E-state index is 0.0106. The molecule has 6 heteroatoms. The number of carbonyl (C=O) groups is 1. The zero-order valence-corrected chi connectivity index (χ0v) is 14.8. The SMILES string of the molecule is COC[C@@H]1CN(C(=O)N[C@@H](C)c2cc(C)sc2C)C[C@@H](C)O1. The Morgan fingerprint density at radius 3 is 2.86 bits per heavy atom. The number of nitrogens with zero attached hydrogens (tertiary/aromatic N) is 1. The van der Waals surface area contributed by atoms with Gasteiger partial charge in [0, 0.05) is 23.4 Å². The highest BCUT2D eigenvalue weighted by Crippen LogP contribution is 2.26. The highest BCUT2D eigenvalue weighted by atomic mass is 32.1. The molecular weight excluding hydrogens is 300 g/mol. The van der Waals surface area contributed by atoms with Gasteiger partial charge in [0.2, 0.25) is 0 Å². The van der Waals surface area contributed by atoms with Gasteiger partial charge in [0.1, 0.15) is 0 Å². The Labute approximate surface area is 136 Å². The summed E-state index contributed by atoms with van der Waals surface area (Å²) in [5.41, 5.74) is 1.20. The Bertz CT molecular complexity index is 517. The van der Waals surface area contributed by atoms with E-state index in [1.54, 1.807) is 18.4 Å². The number of nitrogens with one attached hydrogen (secondary N) is 1. The van der Waals surface area contributed by atoms with Crippen molar-refractivity contribution in [1.29, 1.82) is 0 Å². The van der Waals surface area contributed by atoms with Gasteiger partial charge in [0.05, 0.1) is 31.4 Å². The minimum atomic E-state index is -0.0556. The summed E-state index contributed by atoms with van der Waals surface area (Å²) in [7, 11) is 1.65. The number of methoxy groups -OCH3 is 1. The van der Waals surface area contributed by atoms with Crippen LogP contribution in [0.2, 0.25) is 0 Å². The molecule has 1 aliphatic rings. The van der Waals surface area contributed by atoms with Crippen molar-refractivity contribution in [3.8, 4) is 0 Å². The average molecular weight is 326 g/mol. The number of hydrogen-bond donors (Lipinski definition) is 1. The third-order valence-electron chi connectivity index (χ3n) is 3.85. The molecule has 0 spiro atoms. The Hall–Kier alpha value is -1.11. The van der Waals surface area contributed by atoms with E-state index in [1.165, 1.54) is 15.3 Å². The van der Waals surface area contributed by atoms with Crippen molar-refractivity contribution in [2.45, 2.75) is 45.9 Å². The smallest absolute Gasteiger partial charge is 0.318 e.